The Labute approximate surface area is 104 Å². The summed E-state index contributed by atoms with van der Waals surface area (Å²) in [5, 5.41) is 3.24. The van der Waals surface area contributed by atoms with Crippen molar-refractivity contribution in [1.29, 1.82) is 0 Å². The van der Waals surface area contributed by atoms with Gasteiger partial charge in [-0.1, -0.05) is 32.6 Å². The van der Waals surface area contributed by atoms with Gasteiger partial charge < -0.3 is 5.32 Å². The van der Waals surface area contributed by atoms with Gasteiger partial charge in [-0.3, -0.25) is 4.79 Å². The van der Waals surface area contributed by atoms with Crippen molar-refractivity contribution in [3.05, 3.63) is 23.9 Å². The third-order valence-electron chi connectivity index (χ3n) is 2.76. The van der Waals surface area contributed by atoms with E-state index in [-0.39, 0.29) is 5.78 Å². The van der Waals surface area contributed by atoms with Gasteiger partial charge in [0.25, 0.3) is 0 Å². The molecule has 0 aliphatic heterocycles. The lowest BCUT2D eigenvalue weighted by Gasteiger charge is -2.08. The molecular weight excluding hydrogens is 212 g/mol. The first kappa shape index (κ1) is 13.7. The first-order valence-corrected chi connectivity index (χ1v) is 6.45. The quantitative estimate of drug-likeness (QED) is 0.551. The monoisotopic (exact) mass is 234 g/mol. The number of carbonyl (C=O) groups excluding carboxylic acids is 1. The molecule has 1 N–H and O–H groups in total. The van der Waals surface area contributed by atoms with E-state index in [2.05, 4.69) is 17.2 Å². The summed E-state index contributed by atoms with van der Waals surface area (Å²) < 4.78 is 0. The summed E-state index contributed by atoms with van der Waals surface area (Å²) >= 11 is 0. The summed E-state index contributed by atoms with van der Waals surface area (Å²) in [4.78, 5) is 15.6. The average Bonchev–Trinajstić information content (AvgIpc) is 2.34. The smallest absolute Gasteiger partial charge is 0.163 e. The number of pyridine rings is 1. The molecule has 0 bridgehead atoms. The summed E-state index contributed by atoms with van der Waals surface area (Å²) in [5.74, 6) is 0.780. The Hall–Kier alpha value is -1.38. The van der Waals surface area contributed by atoms with Crippen LogP contribution in [-0.4, -0.2) is 17.3 Å². The van der Waals surface area contributed by atoms with Crippen molar-refractivity contribution in [2.24, 2.45) is 0 Å². The first-order chi connectivity index (χ1) is 8.25. The molecule has 0 saturated heterocycles. The topological polar surface area (TPSA) is 42.0 Å². The lowest BCUT2D eigenvalue weighted by Crippen LogP contribution is -2.08. The predicted octanol–water partition coefficient (Wildman–Crippen LogP) is 3.67. The molecule has 0 spiro atoms. The molecule has 1 aromatic heterocycles. The predicted molar refractivity (Wildman–Crippen MR) is 71.5 cm³/mol. The van der Waals surface area contributed by atoms with Gasteiger partial charge in [-0.05, 0) is 25.5 Å². The highest BCUT2D eigenvalue weighted by Gasteiger charge is 2.06. The molecule has 3 nitrogen and oxygen atoms in total. The summed E-state index contributed by atoms with van der Waals surface area (Å²) in [6.45, 7) is 4.68. The average molecular weight is 234 g/mol. The highest BCUT2D eigenvalue weighted by Crippen LogP contribution is 2.12. The maximum Gasteiger partial charge on any atom is 0.163 e. The van der Waals surface area contributed by atoms with E-state index in [1.54, 1.807) is 19.2 Å². The van der Waals surface area contributed by atoms with Gasteiger partial charge in [0, 0.05) is 12.7 Å². The number of carbonyl (C=O) groups is 1. The number of hydrogen-bond acceptors (Lipinski definition) is 3. The Balaban J connectivity index is 2.34. The van der Waals surface area contributed by atoms with E-state index in [0.717, 1.165) is 18.8 Å². The van der Waals surface area contributed by atoms with Crippen LogP contribution in [0.3, 0.4) is 0 Å². The van der Waals surface area contributed by atoms with E-state index >= 15 is 0 Å². The molecule has 0 atom stereocenters. The maximum atomic E-state index is 11.4. The van der Waals surface area contributed by atoms with Gasteiger partial charge >= 0.3 is 0 Å². The van der Waals surface area contributed by atoms with Crippen LogP contribution in [0, 0.1) is 0 Å². The van der Waals surface area contributed by atoms with E-state index in [4.69, 9.17) is 0 Å². The molecule has 17 heavy (non-hydrogen) atoms. The third kappa shape index (κ3) is 4.98. The molecule has 3 heteroatoms. The highest BCUT2D eigenvalue weighted by molar-refractivity contribution is 5.98. The number of hydrogen-bond donors (Lipinski definition) is 1. The minimum atomic E-state index is 0.0617. The second-order valence-electron chi connectivity index (χ2n) is 4.30. The molecule has 0 saturated carbocycles. The normalized spacial score (nSPS) is 10.2. The SMILES string of the molecule is CCCCCCCNc1ncccc1C(C)=O. The lowest BCUT2D eigenvalue weighted by molar-refractivity contribution is 0.101. The Kier molecular flexibility index (Phi) is 6.30. The number of rotatable bonds is 8. The molecule has 1 heterocycles. The van der Waals surface area contributed by atoms with Crippen LogP contribution < -0.4 is 5.32 Å². The second kappa shape index (κ2) is 7.82. The zero-order chi connectivity index (χ0) is 12.5. The van der Waals surface area contributed by atoms with E-state index in [9.17, 15) is 4.79 Å². The van der Waals surface area contributed by atoms with Crippen molar-refractivity contribution in [3.8, 4) is 0 Å². The number of anilines is 1. The largest absolute Gasteiger partial charge is 0.369 e. The second-order valence-corrected chi connectivity index (χ2v) is 4.30. The molecular formula is C14H22N2O. The summed E-state index contributed by atoms with van der Waals surface area (Å²) in [6.07, 6.45) is 7.95. The Morgan fingerprint density at radius 3 is 2.76 bits per heavy atom. The highest BCUT2D eigenvalue weighted by atomic mass is 16.1. The summed E-state index contributed by atoms with van der Waals surface area (Å²) in [7, 11) is 0. The molecule has 0 aliphatic carbocycles. The molecule has 0 amide bonds. The number of nitrogens with one attached hydrogen (secondary N) is 1. The number of unbranched alkanes of at least 4 members (excludes halogenated alkanes) is 4. The summed E-state index contributed by atoms with van der Waals surface area (Å²) in [6, 6.07) is 3.61. The van der Waals surface area contributed by atoms with Crippen molar-refractivity contribution in [2.45, 2.75) is 46.0 Å². The van der Waals surface area contributed by atoms with E-state index < -0.39 is 0 Å². The molecule has 1 rings (SSSR count). The van der Waals surface area contributed by atoms with Gasteiger partial charge in [-0.25, -0.2) is 4.98 Å². The van der Waals surface area contributed by atoms with Gasteiger partial charge in [0.1, 0.15) is 5.82 Å². The van der Waals surface area contributed by atoms with Gasteiger partial charge in [-0.15, -0.1) is 0 Å². The minimum Gasteiger partial charge on any atom is -0.369 e. The van der Waals surface area contributed by atoms with Crippen LogP contribution in [0.25, 0.3) is 0 Å². The van der Waals surface area contributed by atoms with Crippen molar-refractivity contribution < 1.29 is 4.79 Å². The van der Waals surface area contributed by atoms with Crippen molar-refractivity contribution in [1.82, 2.24) is 4.98 Å². The first-order valence-electron chi connectivity index (χ1n) is 6.45. The minimum absolute atomic E-state index is 0.0617. The van der Waals surface area contributed by atoms with Crippen molar-refractivity contribution in [3.63, 3.8) is 0 Å². The Morgan fingerprint density at radius 1 is 1.29 bits per heavy atom. The van der Waals surface area contributed by atoms with E-state index in [1.165, 1.54) is 25.7 Å². The summed E-state index contributed by atoms with van der Waals surface area (Å²) in [5.41, 5.74) is 0.682. The fourth-order valence-electron chi connectivity index (χ4n) is 1.77. The van der Waals surface area contributed by atoms with Gasteiger partial charge in [0.15, 0.2) is 5.78 Å². The molecule has 0 radical (unpaired) electrons. The van der Waals surface area contributed by atoms with Crippen LogP contribution in [-0.2, 0) is 0 Å². The van der Waals surface area contributed by atoms with E-state index in [1.807, 2.05) is 6.07 Å². The van der Waals surface area contributed by atoms with Crippen LogP contribution in [0.4, 0.5) is 5.82 Å². The van der Waals surface area contributed by atoms with E-state index in [0.29, 0.717) is 5.56 Å². The zero-order valence-corrected chi connectivity index (χ0v) is 10.8. The van der Waals surface area contributed by atoms with Crippen LogP contribution in [0.2, 0.25) is 0 Å². The third-order valence-corrected chi connectivity index (χ3v) is 2.76. The van der Waals surface area contributed by atoms with Gasteiger partial charge in [0.05, 0.1) is 5.56 Å². The number of ketones is 1. The molecule has 0 aromatic carbocycles. The van der Waals surface area contributed by atoms with Crippen LogP contribution in [0.5, 0.6) is 0 Å². The molecule has 0 fully saturated rings. The van der Waals surface area contributed by atoms with Gasteiger partial charge in [0.2, 0.25) is 0 Å². The maximum absolute atomic E-state index is 11.4. The molecule has 0 aliphatic rings. The fraction of sp³-hybridized carbons (Fsp3) is 0.571. The van der Waals surface area contributed by atoms with Gasteiger partial charge in [-0.2, -0.15) is 0 Å². The molecule has 94 valence electrons. The molecule has 1 aromatic rings. The Morgan fingerprint density at radius 2 is 2.06 bits per heavy atom. The zero-order valence-electron chi connectivity index (χ0n) is 10.8. The number of aromatic nitrogens is 1. The van der Waals surface area contributed by atoms with Crippen LogP contribution >= 0.6 is 0 Å². The molecule has 0 unspecified atom stereocenters. The van der Waals surface area contributed by atoms with Crippen molar-refractivity contribution in [2.75, 3.05) is 11.9 Å². The Bertz CT molecular complexity index is 350. The fourth-order valence-corrected chi connectivity index (χ4v) is 1.77. The van der Waals surface area contributed by atoms with Crippen LogP contribution in [0.15, 0.2) is 18.3 Å². The van der Waals surface area contributed by atoms with Crippen molar-refractivity contribution >= 4 is 11.6 Å². The number of Topliss-reactive ketones (excluding diaryl/α,β-unsaturated/α-hetero) is 1. The number of nitrogens with zero attached hydrogens (tertiary/aromatic N) is 1. The lowest BCUT2D eigenvalue weighted by atomic mass is 10.1. The van der Waals surface area contributed by atoms with Crippen LogP contribution in [0.1, 0.15) is 56.3 Å². The standard InChI is InChI=1S/C14H22N2O/c1-3-4-5-6-7-10-15-14-13(12(2)17)9-8-11-16-14/h8-9,11H,3-7,10H2,1-2H3,(H,15,16).